The van der Waals surface area contributed by atoms with Gasteiger partial charge in [-0.3, -0.25) is 4.55 Å². The zero-order valence-corrected chi connectivity index (χ0v) is 7.82. The summed E-state index contributed by atoms with van der Waals surface area (Å²) >= 11 is 0. The van der Waals surface area contributed by atoms with Crippen LogP contribution in [0.25, 0.3) is 0 Å². The Kier molecular flexibility index (Phi) is 2.70. The third-order valence-electron chi connectivity index (χ3n) is 1.64. The van der Waals surface area contributed by atoms with E-state index in [2.05, 4.69) is 0 Å². The predicted octanol–water partition coefficient (Wildman–Crippen LogP) is 0.874. The lowest BCUT2D eigenvalue weighted by molar-refractivity contribution is 0.238. The molecule has 2 N–H and O–H groups in total. The minimum atomic E-state index is -4.41. The average molecular weight is 202 g/mol. The highest BCUT2D eigenvalue weighted by atomic mass is 32.2. The fraction of sp³-hybridized carbons (Fsp3) is 0.250. The van der Waals surface area contributed by atoms with Gasteiger partial charge in [0.05, 0.1) is 0 Å². The van der Waals surface area contributed by atoms with Crippen LogP contribution in [0.1, 0.15) is 16.6 Å². The van der Waals surface area contributed by atoms with Crippen molar-refractivity contribution in [2.45, 2.75) is 12.4 Å². The van der Waals surface area contributed by atoms with Gasteiger partial charge in [0, 0.05) is 0 Å². The second kappa shape index (κ2) is 3.45. The first-order valence-electron chi connectivity index (χ1n) is 3.62. The fourth-order valence-corrected chi connectivity index (χ4v) is 1.40. The lowest BCUT2D eigenvalue weighted by Crippen LogP contribution is -2.10. The first-order chi connectivity index (χ1) is 5.91. The van der Waals surface area contributed by atoms with Crippen LogP contribution in [0.2, 0.25) is 0 Å². The smallest absolute Gasteiger partial charge is 0.296 e. The van der Waals surface area contributed by atoms with Gasteiger partial charge in [-0.2, -0.15) is 8.42 Å². The molecule has 0 saturated heterocycles. The second-order valence-corrected chi connectivity index (χ2v) is 4.25. The Morgan fingerprint density at radius 3 is 2.08 bits per heavy atom. The zero-order chi connectivity index (χ0) is 10.1. The quantitative estimate of drug-likeness (QED) is 0.698. The molecule has 4 nitrogen and oxygen atoms in total. The molecule has 0 aliphatic rings. The summed E-state index contributed by atoms with van der Waals surface area (Å²) in [7, 11) is -4.41. The van der Waals surface area contributed by atoms with Gasteiger partial charge in [0.25, 0.3) is 10.1 Å². The molecule has 0 bridgehead atoms. The van der Waals surface area contributed by atoms with E-state index in [0.717, 1.165) is 5.56 Å². The number of rotatable bonds is 2. The van der Waals surface area contributed by atoms with Crippen LogP contribution in [-0.4, -0.2) is 18.1 Å². The van der Waals surface area contributed by atoms with Gasteiger partial charge < -0.3 is 5.11 Å². The molecule has 0 amide bonds. The molecule has 1 unspecified atom stereocenters. The number of hydrogen-bond acceptors (Lipinski definition) is 3. The number of hydrogen-bond donors (Lipinski definition) is 2. The van der Waals surface area contributed by atoms with Crippen LogP contribution in [0.5, 0.6) is 0 Å². The molecular weight excluding hydrogens is 192 g/mol. The molecule has 1 aromatic carbocycles. The Morgan fingerprint density at radius 1 is 1.23 bits per heavy atom. The van der Waals surface area contributed by atoms with Gasteiger partial charge in [0.1, 0.15) is 0 Å². The number of aliphatic hydroxyl groups is 1. The second-order valence-electron chi connectivity index (χ2n) is 2.78. The summed E-state index contributed by atoms with van der Waals surface area (Å²) in [5, 5.41) is 9.11. The first-order valence-corrected chi connectivity index (χ1v) is 5.12. The topological polar surface area (TPSA) is 74.6 Å². The van der Waals surface area contributed by atoms with E-state index in [1.54, 1.807) is 12.1 Å². The van der Waals surface area contributed by atoms with Gasteiger partial charge in [0.15, 0.2) is 0 Å². The molecule has 13 heavy (non-hydrogen) atoms. The van der Waals surface area contributed by atoms with E-state index < -0.39 is 15.6 Å². The van der Waals surface area contributed by atoms with E-state index in [1.165, 1.54) is 12.1 Å². The molecule has 0 heterocycles. The van der Waals surface area contributed by atoms with Crippen molar-refractivity contribution in [3.05, 3.63) is 35.4 Å². The van der Waals surface area contributed by atoms with Crippen molar-refractivity contribution in [1.82, 2.24) is 0 Å². The maximum Gasteiger partial charge on any atom is 0.296 e. The number of benzene rings is 1. The summed E-state index contributed by atoms with van der Waals surface area (Å²) in [6, 6.07) is 6.22. The molecule has 1 atom stereocenters. The molecule has 0 radical (unpaired) electrons. The molecule has 0 aliphatic heterocycles. The van der Waals surface area contributed by atoms with Crippen LogP contribution in [0, 0.1) is 6.92 Å². The number of aliphatic hydroxyl groups excluding tert-OH is 1. The van der Waals surface area contributed by atoms with Crippen LogP contribution in [0.4, 0.5) is 0 Å². The van der Waals surface area contributed by atoms with E-state index in [9.17, 15) is 8.42 Å². The summed E-state index contributed by atoms with van der Waals surface area (Å²) in [4.78, 5) is 0. The molecule has 0 fully saturated rings. The normalized spacial score (nSPS) is 14.1. The fourth-order valence-electron chi connectivity index (χ4n) is 0.903. The van der Waals surface area contributed by atoms with Crippen molar-refractivity contribution in [1.29, 1.82) is 0 Å². The van der Waals surface area contributed by atoms with Crippen LogP contribution in [0.15, 0.2) is 24.3 Å². The van der Waals surface area contributed by atoms with E-state index in [0.29, 0.717) is 0 Å². The van der Waals surface area contributed by atoms with Gasteiger partial charge in [-0.05, 0) is 12.5 Å². The highest BCUT2D eigenvalue weighted by Crippen LogP contribution is 2.17. The highest BCUT2D eigenvalue weighted by Gasteiger charge is 2.20. The molecule has 1 aromatic rings. The third-order valence-corrected chi connectivity index (χ3v) is 2.48. The van der Waals surface area contributed by atoms with Crippen LogP contribution >= 0.6 is 0 Å². The van der Waals surface area contributed by atoms with Gasteiger partial charge in [-0.15, -0.1) is 0 Å². The lowest BCUT2D eigenvalue weighted by Gasteiger charge is -2.06. The summed E-state index contributed by atoms with van der Waals surface area (Å²) < 4.78 is 29.6. The number of aryl methyl sites for hydroxylation is 1. The molecule has 1 rings (SSSR count). The van der Waals surface area contributed by atoms with Crippen LogP contribution in [-0.2, 0) is 10.1 Å². The maximum absolute atomic E-state index is 10.5. The van der Waals surface area contributed by atoms with Crippen molar-refractivity contribution in [2.75, 3.05) is 0 Å². The predicted molar refractivity (Wildman–Crippen MR) is 47.7 cm³/mol. The van der Waals surface area contributed by atoms with Crippen molar-refractivity contribution in [3.63, 3.8) is 0 Å². The summed E-state index contributed by atoms with van der Waals surface area (Å²) in [6.07, 6.45) is 0. The van der Waals surface area contributed by atoms with Crippen molar-refractivity contribution >= 4 is 10.1 Å². The van der Waals surface area contributed by atoms with Gasteiger partial charge in [-0.1, -0.05) is 29.8 Å². The van der Waals surface area contributed by atoms with Crippen molar-refractivity contribution < 1.29 is 18.1 Å². The van der Waals surface area contributed by atoms with Crippen molar-refractivity contribution in [3.8, 4) is 0 Å². The SMILES string of the molecule is Cc1ccc(C(O)S(=O)(=O)O)cc1. The zero-order valence-electron chi connectivity index (χ0n) is 7.01. The van der Waals surface area contributed by atoms with Gasteiger partial charge in [-0.25, -0.2) is 0 Å². The van der Waals surface area contributed by atoms with Crippen LogP contribution < -0.4 is 0 Å². The molecule has 0 spiro atoms. The Bertz CT molecular complexity index is 379. The Balaban J connectivity index is 3.04. The van der Waals surface area contributed by atoms with Crippen molar-refractivity contribution in [2.24, 2.45) is 0 Å². The van der Waals surface area contributed by atoms with Gasteiger partial charge >= 0.3 is 0 Å². The Morgan fingerprint density at radius 2 is 1.69 bits per heavy atom. The van der Waals surface area contributed by atoms with Crippen LogP contribution in [0.3, 0.4) is 0 Å². The first kappa shape index (κ1) is 10.2. The summed E-state index contributed by atoms with van der Waals surface area (Å²) in [5.41, 5.74) is -0.743. The largest absolute Gasteiger partial charge is 0.371 e. The summed E-state index contributed by atoms with van der Waals surface area (Å²) in [6.45, 7) is 1.84. The Hall–Kier alpha value is -0.910. The minimum Gasteiger partial charge on any atom is -0.371 e. The molecule has 0 aromatic heterocycles. The monoisotopic (exact) mass is 202 g/mol. The van der Waals surface area contributed by atoms with E-state index in [4.69, 9.17) is 9.66 Å². The van der Waals surface area contributed by atoms with E-state index in [1.807, 2.05) is 6.92 Å². The standard InChI is InChI=1S/C8H10O4S/c1-6-2-4-7(5-3-6)8(9)13(10,11)12/h2-5,8-9H,1H3,(H,10,11,12). The molecule has 5 heteroatoms. The minimum absolute atomic E-state index is 0.160. The van der Waals surface area contributed by atoms with E-state index in [-0.39, 0.29) is 5.56 Å². The molecular formula is C8H10O4S. The maximum atomic E-state index is 10.5. The highest BCUT2D eigenvalue weighted by molar-refractivity contribution is 7.85. The Labute approximate surface area is 76.6 Å². The van der Waals surface area contributed by atoms with Gasteiger partial charge in [0.2, 0.25) is 5.44 Å². The third kappa shape index (κ3) is 2.51. The molecule has 0 aliphatic carbocycles. The lowest BCUT2D eigenvalue weighted by atomic mass is 10.2. The average Bonchev–Trinajstić information content (AvgIpc) is 2.03. The molecule has 0 saturated carbocycles. The molecule has 72 valence electrons. The van der Waals surface area contributed by atoms with E-state index >= 15 is 0 Å². The summed E-state index contributed by atoms with van der Waals surface area (Å²) in [5.74, 6) is 0.